The number of carbonyl (C=O) groups is 1. The molecule has 0 amide bonds. The Kier molecular flexibility index (Phi) is 5.44. The highest BCUT2D eigenvalue weighted by Crippen LogP contribution is 2.26. The molecule has 0 aliphatic heterocycles. The normalized spacial score (nSPS) is 12.2. The molecule has 88 valence electrons. The largest absolute Gasteiger partial charge is 0.465 e. The van der Waals surface area contributed by atoms with E-state index in [0.29, 0.717) is 6.61 Å². The zero-order valence-electron chi connectivity index (χ0n) is 9.09. The van der Waals surface area contributed by atoms with Gasteiger partial charge in [-0.3, -0.25) is 0 Å². The van der Waals surface area contributed by atoms with Gasteiger partial charge in [0.25, 0.3) is 0 Å². The molecule has 1 aromatic rings. The van der Waals surface area contributed by atoms with Crippen LogP contribution in [0.3, 0.4) is 0 Å². The average Bonchev–Trinajstić information content (AvgIpc) is 2.25. The molecule has 1 rings (SSSR count). The molecule has 1 N–H and O–H groups in total. The lowest BCUT2D eigenvalue weighted by molar-refractivity contribution is -0.145. The van der Waals surface area contributed by atoms with Crippen LogP contribution in [0, 0.1) is 0 Å². The number of likely N-dealkylation sites (N-methyl/N-ethyl adjacent to an activating group) is 1. The van der Waals surface area contributed by atoms with E-state index < -0.39 is 6.04 Å². The van der Waals surface area contributed by atoms with E-state index >= 15 is 0 Å². The molecule has 0 saturated carbocycles. The van der Waals surface area contributed by atoms with Gasteiger partial charge in [0, 0.05) is 8.95 Å². The fourth-order valence-corrected chi connectivity index (χ4v) is 1.98. The van der Waals surface area contributed by atoms with E-state index in [1.165, 1.54) is 0 Å². The van der Waals surface area contributed by atoms with Crippen LogP contribution < -0.4 is 5.32 Å². The zero-order valence-corrected chi connectivity index (χ0v) is 12.3. The molecular formula is C11H13Br2NO2. The van der Waals surface area contributed by atoms with Gasteiger partial charge in [0.1, 0.15) is 6.04 Å². The molecule has 0 bridgehead atoms. The van der Waals surface area contributed by atoms with Crippen molar-refractivity contribution in [2.24, 2.45) is 0 Å². The Hall–Kier alpha value is -0.390. The molecule has 1 atom stereocenters. The van der Waals surface area contributed by atoms with Crippen LogP contribution in [0.1, 0.15) is 18.5 Å². The third kappa shape index (κ3) is 3.30. The number of esters is 1. The molecule has 0 saturated heterocycles. The lowest BCUT2D eigenvalue weighted by Gasteiger charge is -2.15. The fraction of sp³-hybridized carbons (Fsp3) is 0.364. The molecule has 0 aromatic heterocycles. The number of ether oxygens (including phenoxy) is 1. The predicted octanol–water partition coefficient (Wildman–Crippen LogP) is 3.04. The molecule has 0 radical (unpaired) electrons. The van der Waals surface area contributed by atoms with Gasteiger partial charge in [-0.2, -0.15) is 0 Å². The second kappa shape index (κ2) is 6.37. The summed E-state index contributed by atoms with van der Waals surface area (Å²) in [5.41, 5.74) is 0.871. The minimum absolute atomic E-state index is 0.265. The SMILES string of the molecule is CCOC(=O)C(NC)c1ccc(Br)c(Br)c1. The van der Waals surface area contributed by atoms with E-state index in [-0.39, 0.29) is 5.97 Å². The lowest BCUT2D eigenvalue weighted by atomic mass is 10.1. The molecule has 0 aliphatic carbocycles. The molecule has 1 aromatic carbocycles. The average molecular weight is 351 g/mol. The number of halogens is 2. The van der Waals surface area contributed by atoms with Crippen LogP contribution >= 0.6 is 31.9 Å². The van der Waals surface area contributed by atoms with Crippen molar-refractivity contribution in [3.63, 3.8) is 0 Å². The number of rotatable bonds is 4. The second-order valence-electron chi connectivity index (χ2n) is 3.15. The summed E-state index contributed by atoms with van der Waals surface area (Å²) < 4.78 is 6.86. The molecule has 16 heavy (non-hydrogen) atoms. The summed E-state index contributed by atoms with van der Waals surface area (Å²) in [4.78, 5) is 11.7. The van der Waals surface area contributed by atoms with Crippen molar-refractivity contribution < 1.29 is 9.53 Å². The lowest BCUT2D eigenvalue weighted by Crippen LogP contribution is -2.27. The molecule has 0 fully saturated rings. The molecule has 3 nitrogen and oxygen atoms in total. The van der Waals surface area contributed by atoms with Crippen LogP contribution in [0.2, 0.25) is 0 Å². The van der Waals surface area contributed by atoms with Crippen molar-refractivity contribution in [3.05, 3.63) is 32.7 Å². The number of hydrogen-bond acceptors (Lipinski definition) is 3. The van der Waals surface area contributed by atoms with E-state index in [0.717, 1.165) is 14.5 Å². The minimum Gasteiger partial charge on any atom is -0.465 e. The van der Waals surface area contributed by atoms with Gasteiger partial charge in [-0.15, -0.1) is 0 Å². The van der Waals surface area contributed by atoms with Crippen molar-refractivity contribution in [2.75, 3.05) is 13.7 Å². The Morgan fingerprint density at radius 2 is 2.12 bits per heavy atom. The van der Waals surface area contributed by atoms with Crippen molar-refractivity contribution in [1.29, 1.82) is 0 Å². The van der Waals surface area contributed by atoms with Crippen molar-refractivity contribution in [3.8, 4) is 0 Å². The molecule has 0 heterocycles. The molecule has 5 heteroatoms. The Balaban J connectivity index is 2.95. The molecule has 0 spiro atoms. The van der Waals surface area contributed by atoms with Crippen LogP contribution in [-0.4, -0.2) is 19.6 Å². The second-order valence-corrected chi connectivity index (χ2v) is 4.86. The van der Waals surface area contributed by atoms with Crippen molar-refractivity contribution in [2.45, 2.75) is 13.0 Å². The maximum Gasteiger partial charge on any atom is 0.327 e. The Labute approximate surface area is 112 Å². The van der Waals surface area contributed by atoms with Crippen LogP contribution in [0.15, 0.2) is 27.1 Å². The van der Waals surface area contributed by atoms with Gasteiger partial charge in [0.15, 0.2) is 0 Å². The van der Waals surface area contributed by atoms with Crippen molar-refractivity contribution >= 4 is 37.8 Å². The van der Waals surface area contributed by atoms with E-state index in [1.54, 1.807) is 14.0 Å². The van der Waals surface area contributed by atoms with Gasteiger partial charge in [-0.05, 0) is 63.5 Å². The van der Waals surface area contributed by atoms with Crippen LogP contribution in [0.5, 0.6) is 0 Å². The van der Waals surface area contributed by atoms with Crippen molar-refractivity contribution in [1.82, 2.24) is 5.32 Å². The number of carbonyl (C=O) groups excluding carboxylic acids is 1. The topological polar surface area (TPSA) is 38.3 Å². The maximum absolute atomic E-state index is 11.7. The molecule has 1 unspecified atom stereocenters. The van der Waals surface area contributed by atoms with E-state index in [2.05, 4.69) is 37.2 Å². The molecule has 0 aliphatic rings. The highest BCUT2D eigenvalue weighted by atomic mass is 79.9. The number of hydrogen-bond donors (Lipinski definition) is 1. The smallest absolute Gasteiger partial charge is 0.327 e. The van der Waals surface area contributed by atoms with E-state index in [9.17, 15) is 4.79 Å². The van der Waals surface area contributed by atoms with Gasteiger partial charge in [0.05, 0.1) is 6.61 Å². The standard InChI is InChI=1S/C11H13Br2NO2/c1-3-16-11(15)10(14-2)7-4-5-8(12)9(13)6-7/h4-6,10,14H,3H2,1-2H3. The molecular weight excluding hydrogens is 338 g/mol. The summed E-state index contributed by atoms with van der Waals surface area (Å²) in [6, 6.07) is 5.24. The van der Waals surface area contributed by atoms with Gasteiger partial charge < -0.3 is 10.1 Å². The zero-order chi connectivity index (χ0) is 12.1. The summed E-state index contributed by atoms with van der Waals surface area (Å²) in [7, 11) is 1.73. The van der Waals surface area contributed by atoms with Crippen LogP contribution in [0.25, 0.3) is 0 Å². The Morgan fingerprint density at radius 3 is 2.62 bits per heavy atom. The summed E-state index contributed by atoms with van der Waals surface area (Å²) in [6.07, 6.45) is 0. The van der Waals surface area contributed by atoms with Gasteiger partial charge in [-0.1, -0.05) is 6.07 Å². The van der Waals surface area contributed by atoms with Gasteiger partial charge in [-0.25, -0.2) is 4.79 Å². The number of nitrogens with one attached hydrogen (secondary N) is 1. The highest BCUT2D eigenvalue weighted by Gasteiger charge is 2.20. The third-order valence-corrected chi connectivity index (χ3v) is 3.97. The monoisotopic (exact) mass is 349 g/mol. The first-order valence-electron chi connectivity index (χ1n) is 4.89. The number of benzene rings is 1. The summed E-state index contributed by atoms with van der Waals surface area (Å²) in [5, 5.41) is 2.94. The first kappa shape index (κ1) is 13.7. The summed E-state index contributed by atoms with van der Waals surface area (Å²) in [6.45, 7) is 2.18. The minimum atomic E-state index is -0.427. The van der Waals surface area contributed by atoms with Gasteiger partial charge in [0.2, 0.25) is 0 Å². The highest BCUT2D eigenvalue weighted by molar-refractivity contribution is 9.13. The van der Waals surface area contributed by atoms with E-state index in [4.69, 9.17) is 4.74 Å². The Morgan fingerprint density at radius 1 is 1.44 bits per heavy atom. The fourth-order valence-electron chi connectivity index (χ4n) is 1.34. The first-order chi connectivity index (χ1) is 7.60. The van der Waals surface area contributed by atoms with Crippen LogP contribution in [0.4, 0.5) is 0 Å². The quantitative estimate of drug-likeness (QED) is 0.848. The van der Waals surface area contributed by atoms with Gasteiger partial charge >= 0.3 is 5.97 Å². The summed E-state index contributed by atoms with van der Waals surface area (Å²) >= 11 is 6.79. The van der Waals surface area contributed by atoms with E-state index in [1.807, 2.05) is 18.2 Å². The first-order valence-corrected chi connectivity index (χ1v) is 6.47. The predicted molar refractivity (Wildman–Crippen MR) is 70.3 cm³/mol. The summed E-state index contributed by atoms with van der Waals surface area (Å²) in [5.74, 6) is -0.265. The third-order valence-electron chi connectivity index (χ3n) is 2.09. The maximum atomic E-state index is 11.7. The van der Waals surface area contributed by atoms with Crippen LogP contribution in [-0.2, 0) is 9.53 Å². The Bertz CT molecular complexity index is 382.